The first kappa shape index (κ1) is 15.6. The second kappa shape index (κ2) is 8.64. The zero-order chi connectivity index (χ0) is 13.4. The molecular weight excluding hydrogens is 248 g/mol. The molecule has 1 fully saturated rings. The van der Waals surface area contributed by atoms with Gasteiger partial charge in [-0.3, -0.25) is 0 Å². The van der Waals surface area contributed by atoms with Crippen LogP contribution in [0.5, 0.6) is 0 Å². The van der Waals surface area contributed by atoms with Crippen molar-refractivity contribution in [3.63, 3.8) is 0 Å². The van der Waals surface area contributed by atoms with Gasteiger partial charge in [-0.2, -0.15) is 11.8 Å². The Morgan fingerprint density at radius 3 is 2.83 bits per heavy atom. The van der Waals surface area contributed by atoms with E-state index in [1.165, 1.54) is 19.3 Å². The number of hydrogen-bond acceptors (Lipinski definition) is 3. The molecule has 0 aromatic carbocycles. The maximum Gasteiger partial charge on any atom is 0.315 e. The normalized spacial score (nSPS) is 25.5. The Labute approximate surface area is 114 Å². The predicted molar refractivity (Wildman–Crippen MR) is 77.0 cm³/mol. The number of hydrogen-bond donors (Lipinski definition) is 3. The van der Waals surface area contributed by atoms with Gasteiger partial charge in [-0.25, -0.2) is 4.79 Å². The average molecular weight is 274 g/mol. The Morgan fingerprint density at radius 1 is 1.44 bits per heavy atom. The van der Waals surface area contributed by atoms with E-state index < -0.39 is 0 Å². The van der Waals surface area contributed by atoms with Crippen LogP contribution in [0.15, 0.2) is 0 Å². The SMILES string of the molecule is CCSC1CCCCC1NC(=O)N[C@H](C)CCO. The zero-order valence-corrected chi connectivity index (χ0v) is 12.3. The fourth-order valence-electron chi connectivity index (χ4n) is 2.38. The number of carbonyl (C=O) groups excluding carboxylic acids is 1. The molecule has 0 spiro atoms. The Kier molecular flexibility index (Phi) is 7.51. The predicted octanol–water partition coefficient (Wildman–Crippen LogP) is 2.12. The zero-order valence-electron chi connectivity index (χ0n) is 11.4. The maximum absolute atomic E-state index is 11.8. The lowest BCUT2D eigenvalue weighted by molar-refractivity contribution is 0.224. The second-order valence-electron chi connectivity index (χ2n) is 4.92. The highest BCUT2D eigenvalue weighted by Crippen LogP contribution is 2.28. The monoisotopic (exact) mass is 274 g/mol. The summed E-state index contributed by atoms with van der Waals surface area (Å²) in [6, 6.07) is 0.227. The van der Waals surface area contributed by atoms with Crippen molar-refractivity contribution in [2.75, 3.05) is 12.4 Å². The van der Waals surface area contributed by atoms with Gasteiger partial charge in [-0.05, 0) is 31.9 Å². The molecule has 3 N–H and O–H groups in total. The van der Waals surface area contributed by atoms with Gasteiger partial charge < -0.3 is 15.7 Å². The van der Waals surface area contributed by atoms with E-state index in [9.17, 15) is 4.79 Å². The highest BCUT2D eigenvalue weighted by atomic mass is 32.2. The molecule has 0 saturated heterocycles. The van der Waals surface area contributed by atoms with Crippen molar-refractivity contribution in [2.24, 2.45) is 0 Å². The molecule has 0 radical (unpaired) electrons. The van der Waals surface area contributed by atoms with E-state index >= 15 is 0 Å². The number of amides is 2. The summed E-state index contributed by atoms with van der Waals surface area (Å²) in [4.78, 5) is 11.8. The maximum atomic E-state index is 11.8. The van der Waals surface area contributed by atoms with Crippen LogP contribution in [0.2, 0.25) is 0 Å². The topological polar surface area (TPSA) is 61.4 Å². The summed E-state index contributed by atoms with van der Waals surface area (Å²) in [5.74, 6) is 1.10. The largest absolute Gasteiger partial charge is 0.396 e. The molecular formula is C13H26N2O2S. The number of rotatable bonds is 6. The summed E-state index contributed by atoms with van der Waals surface area (Å²) >= 11 is 1.95. The second-order valence-corrected chi connectivity index (χ2v) is 6.43. The van der Waals surface area contributed by atoms with E-state index in [1.54, 1.807) is 0 Å². The van der Waals surface area contributed by atoms with Crippen LogP contribution in [-0.2, 0) is 0 Å². The molecule has 18 heavy (non-hydrogen) atoms. The number of nitrogens with one attached hydrogen (secondary N) is 2. The number of aliphatic hydroxyl groups excluding tert-OH is 1. The van der Waals surface area contributed by atoms with Gasteiger partial charge in [-0.1, -0.05) is 19.8 Å². The van der Waals surface area contributed by atoms with Gasteiger partial charge in [0.1, 0.15) is 0 Å². The van der Waals surface area contributed by atoms with Gasteiger partial charge in [0.05, 0.1) is 0 Å². The third-order valence-corrected chi connectivity index (χ3v) is 4.67. The van der Waals surface area contributed by atoms with Crippen LogP contribution >= 0.6 is 11.8 Å². The summed E-state index contributed by atoms with van der Waals surface area (Å²) in [5, 5.41) is 15.3. The molecule has 0 bridgehead atoms. The first-order valence-electron chi connectivity index (χ1n) is 6.96. The molecule has 0 aliphatic heterocycles. The molecule has 2 unspecified atom stereocenters. The molecule has 3 atom stereocenters. The van der Waals surface area contributed by atoms with Crippen molar-refractivity contribution < 1.29 is 9.90 Å². The quantitative estimate of drug-likeness (QED) is 0.695. The van der Waals surface area contributed by atoms with Crippen molar-refractivity contribution in [3.05, 3.63) is 0 Å². The van der Waals surface area contributed by atoms with E-state index in [1.807, 2.05) is 18.7 Å². The lowest BCUT2D eigenvalue weighted by atomic mass is 9.95. The first-order valence-corrected chi connectivity index (χ1v) is 8.01. The molecule has 0 aromatic heterocycles. The van der Waals surface area contributed by atoms with Gasteiger partial charge in [0, 0.05) is 23.9 Å². The number of urea groups is 1. The van der Waals surface area contributed by atoms with E-state index in [0.29, 0.717) is 17.7 Å². The Bertz CT molecular complexity index is 249. The molecule has 1 rings (SSSR count). The number of thioether (sulfide) groups is 1. The lowest BCUT2D eigenvalue weighted by Crippen LogP contribution is -2.50. The van der Waals surface area contributed by atoms with Crippen molar-refractivity contribution in [2.45, 2.75) is 63.3 Å². The molecule has 1 aliphatic rings. The number of carbonyl (C=O) groups is 1. The van der Waals surface area contributed by atoms with Crippen LogP contribution in [0.1, 0.15) is 46.0 Å². The van der Waals surface area contributed by atoms with Crippen LogP contribution in [0.25, 0.3) is 0 Å². The van der Waals surface area contributed by atoms with Gasteiger partial charge in [0.25, 0.3) is 0 Å². The third kappa shape index (κ3) is 5.48. The number of aliphatic hydroxyl groups is 1. The van der Waals surface area contributed by atoms with Crippen LogP contribution in [-0.4, -0.2) is 40.8 Å². The summed E-state index contributed by atoms with van der Waals surface area (Å²) in [5.41, 5.74) is 0. The molecule has 2 amide bonds. The van der Waals surface area contributed by atoms with Crippen molar-refractivity contribution in [3.8, 4) is 0 Å². The van der Waals surface area contributed by atoms with Gasteiger partial charge >= 0.3 is 6.03 Å². The van der Waals surface area contributed by atoms with E-state index in [2.05, 4.69) is 17.6 Å². The summed E-state index contributed by atoms with van der Waals surface area (Å²) in [7, 11) is 0. The summed E-state index contributed by atoms with van der Waals surface area (Å²) in [6.07, 6.45) is 5.37. The molecule has 0 aromatic rings. The van der Waals surface area contributed by atoms with Crippen molar-refractivity contribution >= 4 is 17.8 Å². The molecule has 0 heterocycles. The summed E-state index contributed by atoms with van der Waals surface area (Å²) in [6.45, 7) is 4.19. The Morgan fingerprint density at radius 2 is 2.17 bits per heavy atom. The van der Waals surface area contributed by atoms with Crippen molar-refractivity contribution in [1.29, 1.82) is 0 Å². The average Bonchev–Trinajstić information content (AvgIpc) is 2.32. The smallest absolute Gasteiger partial charge is 0.315 e. The minimum Gasteiger partial charge on any atom is -0.396 e. The fourth-order valence-corrected chi connectivity index (χ4v) is 3.57. The van der Waals surface area contributed by atoms with Crippen LogP contribution in [0.4, 0.5) is 4.79 Å². The Balaban J connectivity index is 2.36. The van der Waals surface area contributed by atoms with E-state index in [4.69, 9.17) is 5.11 Å². The Hall–Kier alpha value is -0.420. The minimum absolute atomic E-state index is 0.0240. The first-order chi connectivity index (χ1) is 8.67. The molecule has 1 aliphatic carbocycles. The standard InChI is InChI=1S/C13H26N2O2S/c1-3-18-12-7-5-4-6-11(12)15-13(17)14-10(2)8-9-16/h10-12,16H,3-9H2,1-2H3,(H2,14,15,17)/t10-,11?,12?/m1/s1. The van der Waals surface area contributed by atoms with Crippen LogP contribution in [0, 0.1) is 0 Å². The van der Waals surface area contributed by atoms with Crippen LogP contribution < -0.4 is 10.6 Å². The summed E-state index contributed by atoms with van der Waals surface area (Å²) < 4.78 is 0. The van der Waals surface area contributed by atoms with Gasteiger partial charge in [0.15, 0.2) is 0 Å². The van der Waals surface area contributed by atoms with Crippen molar-refractivity contribution in [1.82, 2.24) is 10.6 Å². The molecule has 106 valence electrons. The molecule has 1 saturated carbocycles. The lowest BCUT2D eigenvalue weighted by Gasteiger charge is -2.32. The van der Waals surface area contributed by atoms with Gasteiger partial charge in [0.2, 0.25) is 0 Å². The van der Waals surface area contributed by atoms with Crippen LogP contribution in [0.3, 0.4) is 0 Å². The highest BCUT2D eigenvalue weighted by molar-refractivity contribution is 7.99. The fraction of sp³-hybridized carbons (Fsp3) is 0.923. The van der Waals surface area contributed by atoms with E-state index in [-0.39, 0.29) is 18.7 Å². The van der Waals surface area contributed by atoms with Gasteiger partial charge in [-0.15, -0.1) is 0 Å². The molecule has 4 nitrogen and oxygen atoms in total. The third-order valence-electron chi connectivity index (χ3n) is 3.34. The minimum atomic E-state index is -0.0930. The highest BCUT2D eigenvalue weighted by Gasteiger charge is 2.26. The molecule has 5 heteroatoms. The van der Waals surface area contributed by atoms with E-state index in [0.717, 1.165) is 12.2 Å².